The first-order valence-electron chi connectivity index (χ1n) is 4.54. The summed E-state index contributed by atoms with van der Waals surface area (Å²) in [5, 5.41) is 0. The molecule has 0 spiro atoms. The van der Waals surface area contributed by atoms with Gasteiger partial charge in [-0.25, -0.2) is 0 Å². The van der Waals surface area contributed by atoms with Crippen molar-refractivity contribution in [2.45, 2.75) is 39.0 Å². The van der Waals surface area contributed by atoms with Crippen LogP contribution in [0.5, 0.6) is 0 Å². The van der Waals surface area contributed by atoms with Gasteiger partial charge in [0.15, 0.2) is 0 Å². The first kappa shape index (κ1) is 6.45. The molecule has 0 nitrogen and oxygen atoms in total. The second-order valence-electron chi connectivity index (χ2n) is 3.81. The molecule has 0 aromatic carbocycles. The fourth-order valence-electron chi connectivity index (χ4n) is 2.64. The smallest absolute Gasteiger partial charge is 0.0289 e. The van der Waals surface area contributed by atoms with Gasteiger partial charge in [0.05, 0.1) is 0 Å². The lowest BCUT2D eigenvalue weighted by Crippen LogP contribution is -1.95. The third-order valence-electron chi connectivity index (χ3n) is 3.27. The molecular formula is C10H16. The topological polar surface area (TPSA) is 0 Å². The number of allylic oxidation sites excluding steroid dienone is 2. The standard InChI is InChI=1S/C10H16/c1-2-8-6-9-4-3-5-10(9)7-8/h2,9-10H,3-7H2,1H3. The van der Waals surface area contributed by atoms with E-state index in [0.717, 1.165) is 11.8 Å². The van der Waals surface area contributed by atoms with E-state index in [1.54, 1.807) is 5.57 Å². The van der Waals surface area contributed by atoms with Crippen molar-refractivity contribution >= 4 is 0 Å². The van der Waals surface area contributed by atoms with Gasteiger partial charge in [0, 0.05) is 0 Å². The summed E-state index contributed by atoms with van der Waals surface area (Å²) in [5.41, 5.74) is 1.73. The molecule has 0 radical (unpaired) electrons. The van der Waals surface area contributed by atoms with Crippen molar-refractivity contribution in [3.63, 3.8) is 0 Å². The van der Waals surface area contributed by atoms with Crippen molar-refractivity contribution in [3.05, 3.63) is 11.6 Å². The van der Waals surface area contributed by atoms with E-state index in [0.29, 0.717) is 0 Å². The molecule has 0 amide bonds. The molecule has 2 atom stereocenters. The molecule has 0 aromatic rings. The highest BCUT2D eigenvalue weighted by atomic mass is 14.4. The van der Waals surface area contributed by atoms with E-state index in [9.17, 15) is 0 Å². The van der Waals surface area contributed by atoms with Gasteiger partial charge in [-0.15, -0.1) is 0 Å². The average molecular weight is 136 g/mol. The molecule has 0 saturated heterocycles. The first-order chi connectivity index (χ1) is 4.90. The molecule has 0 heteroatoms. The Hall–Kier alpha value is -0.260. The predicted octanol–water partition coefficient (Wildman–Crippen LogP) is 3.14. The lowest BCUT2D eigenvalue weighted by molar-refractivity contribution is 0.457. The highest BCUT2D eigenvalue weighted by Gasteiger charge is 2.33. The minimum absolute atomic E-state index is 1.09. The van der Waals surface area contributed by atoms with Crippen LogP contribution in [-0.4, -0.2) is 0 Å². The molecule has 2 fully saturated rings. The molecule has 2 aliphatic rings. The van der Waals surface area contributed by atoms with Gasteiger partial charge >= 0.3 is 0 Å². The Balaban J connectivity index is 2.07. The van der Waals surface area contributed by atoms with Crippen LogP contribution >= 0.6 is 0 Å². The molecule has 2 aliphatic carbocycles. The second-order valence-corrected chi connectivity index (χ2v) is 3.81. The molecule has 0 bridgehead atoms. The Morgan fingerprint density at radius 3 is 2.30 bits per heavy atom. The molecule has 0 aromatic heterocycles. The maximum Gasteiger partial charge on any atom is -0.0289 e. The summed E-state index contributed by atoms with van der Waals surface area (Å²) in [6, 6.07) is 0. The van der Waals surface area contributed by atoms with Crippen LogP contribution in [0.15, 0.2) is 11.6 Å². The lowest BCUT2D eigenvalue weighted by Gasteiger charge is -2.04. The fraction of sp³-hybridized carbons (Fsp3) is 0.800. The highest BCUT2D eigenvalue weighted by Crippen LogP contribution is 2.46. The van der Waals surface area contributed by atoms with Gasteiger partial charge in [0.1, 0.15) is 0 Å². The van der Waals surface area contributed by atoms with Crippen molar-refractivity contribution in [2.75, 3.05) is 0 Å². The maximum absolute atomic E-state index is 2.33. The van der Waals surface area contributed by atoms with E-state index in [2.05, 4.69) is 13.0 Å². The molecule has 0 N–H and O–H groups in total. The maximum atomic E-state index is 2.33. The molecule has 10 heavy (non-hydrogen) atoms. The van der Waals surface area contributed by atoms with Crippen molar-refractivity contribution in [1.82, 2.24) is 0 Å². The van der Waals surface area contributed by atoms with Crippen LogP contribution < -0.4 is 0 Å². The largest absolute Gasteiger partial charge is 0.0884 e. The zero-order chi connectivity index (χ0) is 6.97. The Kier molecular flexibility index (Phi) is 1.55. The molecule has 2 saturated carbocycles. The zero-order valence-corrected chi connectivity index (χ0v) is 6.77. The minimum atomic E-state index is 1.09. The lowest BCUT2D eigenvalue weighted by atomic mass is 10.0. The summed E-state index contributed by atoms with van der Waals surface area (Å²) in [4.78, 5) is 0. The molecular weight excluding hydrogens is 120 g/mol. The van der Waals surface area contributed by atoms with Gasteiger partial charge in [0.2, 0.25) is 0 Å². The monoisotopic (exact) mass is 136 g/mol. The summed E-state index contributed by atoms with van der Waals surface area (Å²) in [5.74, 6) is 2.18. The number of rotatable bonds is 0. The summed E-state index contributed by atoms with van der Waals surface area (Å²) in [6.07, 6.45) is 9.73. The normalized spacial score (nSPS) is 38.3. The zero-order valence-electron chi connectivity index (χ0n) is 6.77. The van der Waals surface area contributed by atoms with Crippen LogP contribution in [0.4, 0.5) is 0 Å². The van der Waals surface area contributed by atoms with Crippen molar-refractivity contribution in [2.24, 2.45) is 11.8 Å². The van der Waals surface area contributed by atoms with Gasteiger partial charge in [-0.1, -0.05) is 18.1 Å². The molecule has 2 unspecified atom stereocenters. The number of fused-ring (bicyclic) bond motifs is 1. The molecule has 2 rings (SSSR count). The quantitative estimate of drug-likeness (QED) is 0.449. The minimum Gasteiger partial charge on any atom is -0.0884 e. The van der Waals surface area contributed by atoms with Crippen LogP contribution in [0, 0.1) is 11.8 Å². The Bertz CT molecular complexity index is 141. The third-order valence-corrected chi connectivity index (χ3v) is 3.27. The van der Waals surface area contributed by atoms with E-state index >= 15 is 0 Å². The Morgan fingerprint density at radius 1 is 1.20 bits per heavy atom. The van der Waals surface area contributed by atoms with Crippen LogP contribution in [-0.2, 0) is 0 Å². The van der Waals surface area contributed by atoms with Crippen LogP contribution in [0.25, 0.3) is 0 Å². The van der Waals surface area contributed by atoms with E-state index in [1.807, 2.05) is 0 Å². The number of hydrogen-bond acceptors (Lipinski definition) is 0. The fourth-order valence-corrected chi connectivity index (χ4v) is 2.64. The predicted molar refractivity (Wildman–Crippen MR) is 43.8 cm³/mol. The van der Waals surface area contributed by atoms with E-state index < -0.39 is 0 Å². The van der Waals surface area contributed by atoms with E-state index in [1.165, 1.54) is 32.1 Å². The second kappa shape index (κ2) is 2.41. The Morgan fingerprint density at radius 2 is 1.80 bits per heavy atom. The van der Waals surface area contributed by atoms with Crippen molar-refractivity contribution in [3.8, 4) is 0 Å². The van der Waals surface area contributed by atoms with Gasteiger partial charge in [0.25, 0.3) is 0 Å². The first-order valence-corrected chi connectivity index (χ1v) is 4.54. The van der Waals surface area contributed by atoms with Crippen molar-refractivity contribution in [1.29, 1.82) is 0 Å². The summed E-state index contributed by atoms with van der Waals surface area (Å²) < 4.78 is 0. The van der Waals surface area contributed by atoms with E-state index in [-0.39, 0.29) is 0 Å². The van der Waals surface area contributed by atoms with Gasteiger partial charge < -0.3 is 0 Å². The van der Waals surface area contributed by atoms with Gasteiger partial charge in [-0.3, -0.25) is 0 Å². The van der Waals surface area contributed by atoms with Crippen LogP contribution in [0.1, 0.15) is 39.0 Å². The summed E-state index contributed by atoms with van der Waals surface area (Å²) >= 11 is 0. The molecule has 0 aliphatic heterocycles. The summed E-state index contributed by atoms with van der Waals surface area (Å²) in [6.45, 7) is 2.19. The molecule has 0 heterocycles. The van der Waals surface area contributed by atoms with Gasteiger partial charge in [-0.2, -0.15) is 0 Å². The van der Waals surface area contributed by atoms with Gasteiger partial charge in [-0.05, 0) is 44.4 Å². The third kappa shape index (κ3) is 0.902. The average Bonchev–Trinajstić information content (AvgIpc) is 2.42. The highest BCUT2D eigenvalue weighted by molar-refractivity contribution is 5.11. The van der Waals surface area contributed by atoms with Crippen LogP contribution in [0.2, 0.25) is 0 Å². The number of hydrogen-bond donors (Lipinski definition) is 0. The van der Waals surface area contributed by atoms with Crippen molar-refractivity contribution < 1.29 is 0 Å². The molecule has 56 valence electrons. The Labute approximate surface area is 63.3 Å². The van der Waals surface area contributed by atoms with Crippen LogP contribution in [0.3, 0.4) is 0 Å². The SMILES string of the molecule is CC=C1CC2CCCC2C1. The summed E-state index contributed by atoms with van der Waals surface area (Å²) in [7, 11) is 0. The van der Waals surface area contributed by atoms with E-state index in [4.69, 9.17) is 0 Å².